The van der Waals surface area contributed by atoms with Gasteiger partial charge in [-0.05, 0) is 31.9 Å². The van der Waals surface area contributed by atoms with Gasteiger partial charge >= 0.3 is 0 Å². The third-order valence-corrected chi connectivity index (χ3v) is 2.57. The lowest BCUT2D eigenvalue weighted by molar-refractivity contribution is 0.614. The van der Waals surface area contributed by atoms with E-state index in [1.165, 1.54) is 0 Å². The molecule has 0 fully saturated rings. The van der Waals surface area contributed by atoms with Crippen molar-refractivity contribution < 1.29 is 0 Å². The maximum atomic E-state index is 7.61. The molecule has 0 bridgehead atoms. The highest BCUT2D eigenvalue weighted by Crippen LogP contribution is 2.19. The molecule has 0 saturated carbocycles. The Labute approximate surface area is 103 Å². The molecular formula is C13H22N4. The number of aromatic nitrogens is 1. The van der Waals surface area contributed by atoms with Gasteiger partial charge in [0.05, 0.1) is 5.56 Å². The predicted octanol–water partition coefficient (Wildman–Crippen LogP) is 2.16. The SMILES string of the molecule is CCN(CC(C)C)c1nc(C)ccc1C(=N)N. The van der Waals surface area contributed by atoms with Gasteiger partial charge in [-0.25, -0.2) is 4.98 Å². The summed E-state index contributed by atoms with van der Waals surface area (Å²) in [5.74, 6) is 1.46. The van der Waals surface area contributed by atoms with Crippen LogP contribution in [0.15, 0.2) is 12.1 Å². The lowest BCUT2D eigenvalue weighted by Gasteiger charge is -2.26. The summed E-state index contributed by atoms with van der Waals surface area (Å²) in [6.45, 7) is 10.2. The number of pyridine rings is 1. The zero-order valence-corrected chi connectivity index (χ0v) is 11.1. The molecule has 0 saturated heterocycles. The van der Waals surface area contributed by atoms with E-state index < -0.39 is 0 Å². The van der Waals surface area contributed by atoms with Gasteiger partial charge in [0.25, 0.3) is 0 Å². The molecule has 0 unspecified atom stereocenters. The molecule has 0 aromatic carbocycles. The van der Waals surface area contributed by atoms with Crippen LogP contribution in [-0.2, 0) is 0 Å². The van der Waals surface area contributed by atoms with E-state index in [-0.39, 0.29) is 5.84 Å². The van der Waals surface area contributed by atoms with Crippen LogP contribution < -0.4 is 10.6 Å². The Kier molecular flexibility index (Phi) is 4.49. The number of rotatable bonds is 5. The normalized spacial score (nSPS) is 10.6. The molecule has 94 valence electrons. The van der Waals surface area contributed by atoms with Crippen molar-refractivity contribution in [2.45, 2.75) is 27.7 Å². The Hall–Kier alpha value is -1.58. The topological polar surface area (TPSA) is 66.0 Å². The van der Waals surface area contributed by atoms with E-state index in [1.54, 1.807) is 0 Å². The average molecular weight is 234 g/mol. The fourth-order valence-corrected chi connectivity index (χ4v) is 1.80. The Bertz CT molecular complexity index is 398. The molecule has 0 atom stereocenters. The number of hydrogen-bond donors (Lipinski definition) is 2. The number of nitrogens with zero attached hydrogens (tertiary/aromatic N) is 2. The van der Waals surface area contributed by atoms with E-state index in [0.29, 0.717) is 5.92 Å². The van der Waals surface area contributed by atoms with Crippen LogP contribution in [0, 0.1) is 18.3 Å². The van der Waals surface area contributed by atoms with E-state index in [4.69, 9.17) is 11.1 Å². The second kappa shape index (κ2) is 5.66. The zero-order chi connectivity index (χ0) is 13.0. The lowest BCUT2D eigenvalue weighted by Crippen LogP contribution is -2.31. The maximum absolute atomic E-state index is 7.61. The van der Waals surface area contributed by atoms with Crippen molar-refractivity contribution in [1.29, 1.82) is 5.41 Å². The fourth-order valence-electron chi connectivity index (χ4n) is 1.80. The summed E-state index contributed by atoms with van der Waals surface area (Å²) < 4.78 is 0. The van der Waals surface area contributed by atoms with Crippen molar-refractivity contribution in [1.82, 2.24) is 4.98 Å². The minimum atomic E-state index is 0.0784. The van der Waals surface area contributed by atoms with Crippen LogP contribution in [0.5, 0.6) is 0 Å². The molecule has 0 aliphatic carbocycles. The highest BCUT2D eigenvalue weighted by atomic mass is 15.2. The summed E-state index contributed by atoms with van der Waals surface area (Å²) >= 11 is 0. The summed E-state index contributed by atoms with van der Waals surface area (Å²) in [5, 5.41) is 7.61. The van der Waals surface area contributed by atoms with E-state index in [2.05, 4.69) is 30.7 Å². The maximum Gasteiger partial charge on any atom is 0.139 e. The van der Waals surface area contributed by atoms with Gasteiger partial charge in [-0.2, -0.15) is 0 Å². The minimum absolute atomic E-state index is 0.0784. The number of amidine groups is 1. The molecule has 0 aliphatic heterocycles. The van der Waals surface area contributed by atoms with Crippen molar-refractivity contribution >= 4 is 11.7 Å². The van der Waals surface area contributed by atoms with E-state index in [0.717, 1.165) is 30.2 Å². The van der Waals surface area contributed by atoms with Gasteiger partial charge in [0.2, 0.25) is 0 Å². The van der Waals surface area contributed by atoms with Crippen molar-refractivity contribution in [3.8, 4) is 0 Å². The second-order valence-electron chi connectivity index (χ2n) is 4.67. The van der Waals surface area contributed by atoms with Crippen molar-refractivity contribution in [2.24, 2.45) is 11.7 Å². The average Bonchev–Trinajstić information content (AvgIpc) is 2.25. The Morgan fingerprint density at radius 1 is 1.47 bits per heavy atom. The quantitative estimate of drug-likeness (QED) is 0.606. The summed E-state index contributed by atoms with van der Waals surface area (Å²) in [6.07, 6.45) is 0. The number of hydrogen-bond acceptors (Lipinski definition) is 3. The predicted molar refractivity (Wildman–Crippen MR) is 72.7 cm³/mol. The number of anilines is 1. The first-order valence-electron chi connectivity index (χ1n) is 6.02. The Balaban J connectivity index is 3.15. The van der Waals surface area contributed by atoms with Gasteiger partial charge in [-0.15, -0.1) is 0 Å². The molecule has 0 amide bonds. The van der Waals surface area contributed by atoms with Gasteiger partial charge in [-0.1, -0.05) is 13.8 Å². The van der Waals surface area contributed by atoms with Crippen LogP contribution in [0.4, 0.5) is 5.82 Å². The first-order valence-corrected chi connectivity index (χ1v) is 6.02. The first-order chi connectivity index (χ1) is 7.95. The van der Waals surface area contributed by atoms with Gasteiger partial charge in [0, 0.05) is 18.8 Å². The van der Waals surface area contributed by atoms with Crippen LogP contribution in [0.25, 0.3) is 0 Å². The standard InChI is InChI=1S/C13H22N4/c1-5-17(8-9(2)3)13-11(12(14)15)7-6-10(4)16-13/h6-7,9H,5,8H2,1-4H3,(H3,14,15). The number of nitrogens with one attached hydrogen (secondary N) is 1. The monoisotopic (exact) mass is 234 g/mol. The van der Waals surface area contributed by atoms with Crippen LogP contribution in [0.2, 0.25) is 0 Å². The molecule has 4 nitrogen and oxygen atoms in total. The third-order valence-electron chi connectivity index (χ3n) is 2.57. The molecule has 0 radical (unpaired) electrons. The van der Waals surface area contributed by atoms with E-state index in [9.17, 15) is 0 Å². The highest BCUT2D eigenvalue weighted by molar-refractivity contribution is 5.99. The molecule has 1 aromatic rings. The van der Waals surface area contributed by atoms with Gasteiger partial charge in [0.1, 0.15) is 11.7 Å². The molecule has 3 N–H and O–H groups in total. The summed E-state index contributed by atoms with van der Waals surface area (Å²) in [7, 11) is 0. The third kappa shape index (κ3) is 3.44. The summed E-state index contributed by atoms with van der Waals surface area (Å²) in [4.78, 5) is 6.70. The van der Waals surface area contributed by atoms with E-state index >= 15 is 0 Å². The Morgan fingerprint density at radius 3 is 2.59 bits per heavy atom. The number of nitrogen functional groups attached to an aromatic ring is 1. The minimum Gasteiger partial charge on any atom is -0.384 e. The van der Waals surface area contributed by atoms with Crippen molar-refractivity contribution in [3.05, 3.63) is 23.4 Å². The van der Waals surface area contributed by atoms with Gasteiger partial charge < -0.3 is 10.6 Å². The second-order valence-corrected chi connectivity index (χ2v) is 4.67. The highest BCUT2D eigenvalue weighted by Gasteiger charge is 2.14. The van der Waals surface area contributed by atoms with Crippen LogP contribution in [0.1, 0.15) is 32.0 Å². The molecule has 17 heavy (non-hydrogen) atoms. The summed E-state index contributed by atoms with van der Waals surface area (Å²) in [6, 6.07) is 3.77. The molecule has 1 aromatic heterocycles. The molecule has 1 heterocycles. The molecule has 4 heteroatoms. The van der Waals surface area contributed by atoms with Gasteiger partial charge in [0.15, 0.2) is 0 Å². The fraction of sp³-hybridized carbons (Fsp3) is 0.538. The van der Waals surface area contributed by atoms with Crippen molar-refractivity contribution in [2.75, 3.05) is 18.0 Å². The first kappa shape index (κ1) is 13.5. The molecule has 0 spiro atoms. The molecule has 1 rings (SSSR count). The number of nitrogens with two attached hydrogens (primary N) is 1. The summed E-state index contributed by atoms with van der Waals surface area (Å²) in [5.41, 5.74) is 7.28. The molecular weight excluding hydrogens is 212 g/mol. The van der Waals surface area contributed by atoms with Gasteiger partial charge in [-0.3, -0.25) is 5.41 Å². The number of aryl methyl sites for hydroxylation is 1. The van der Waals surface area contributed by atoms with Crippen LogP contribution in [0.3, 0.4) is 0 Å². The smallest absolute Gasteiger partial charge is 0.139 e. The molecule has 0 aliphatic rings. The largest absolute Gasteiger partial charge is 0.384 e. The lowest BCUT2D eigenvalue weighted by atomic mass is 10.1. The van der Waals surface area contributed by atoms with E-state index in [1.807, 2.05) is 19.1 Å². The van der Waals surface area contributed by atoms with Crippen LogP contribution >= 0.6 is 0 Å². The van der Waals surface area contributed by atoms with Crippen LogP contribution in [-0.4, -0.2) is 23.9 Å². The van der Waals surface area contributed by atoms with Crippen molar-refractivity contribution in [3.63, 3.8) is 0 Å². The Morgan fingerprint density at radius 2 is 2.12 bits per heavy atom. The zero-order valence-electron chi connectivity index (χ0n) is 11.1.